The van der Waals surface area contributed by atoms with Crippen molar-refractivity contribution in [2.24, 2.45) is 0 Å². The van der Waals surface area contributed by atoms with Gasteiger partial charge in [-0.05, 0) is 42.5 Å². The van der Waals surface area contributed by atoms with E-state index in [0.717, 1.165) is 5.01 Å². The van der Waals surface area contributed by atoms with Gasteiger partial charge in [0.2, 0.25) is 0 Å². The molecule has 3 aliphatic heterocycles. The van der Waals surface area contributed by atoms with Crippen LogP contribution in [0.3, 0.4) is 0 Å². The summed E-state index contributed by atoms with van der Waals surface area (Å²) in [4.78, 5) is 53.5. The summed E-state index contributed by atoms with van der Waals surface area (Å²) in [5, 5.41) is 11.6. The summed E-state index contributed by atoms with van der Waals surface area (Å²) in [5.41, 5.74) is 0.754. The fraction of sp³-hybridized carbons (Fsp3) is 0.200. The molecule has 3 aromatic carbocycles. The van der Waals surface area contributed by atoms with Crippen molar-refractivity contribution < 1.29 is 43.3 Å². The van der Waals surface area contributed by atoms with Crippen LogP contribution in [-0.2, 0) is 18.9 Å². The molecule has 1 N–H and O–H groups in total. The number of hydrazine groups is 1. The standard InChI is InChI=1S/C30H25N3O9/c34-27(19-10-4-1-5-11-19)39-18-22-24(41-28(35)20-12-6-2-7-13-20)25(42-29(36)21-14-8-3-9-15-21)26(40-22)31-17-16-23-32(30(31)37)33(23)38/h1-16,22,24-26,38H,17-18H2/t22-,24-,25-,26-,32?,33?/m0/s1. The Balaban J connectivity index is 1.31. The number of hydrogen-bond donors (Lipinski definition) is 1. The van der Waals surface area contributed by atoms with Crippen molar-refractivity contribution in [3.05, 3.63) is 120 Å². The van der Waals surface area contributed by atoms with E-state index >= 15 is 0 Å². The Morgan fingerprint density at radius 3 is 1.81 bits per heavy atom. The van der Waals surface area contributed by atoms with E-state index in [1.807, 2.05) is 0 Å². The molecule has 12 heteroatoms. The highest BCUT2D eigenvalue weighted by Gasteiger charge is 2.57. The Bertz CT molecular complexity index is 1520. The third-order valence-corrected chi connectivity index (χ3v) is 6.96. The summed E-state index contributed by atoms with van der Waals surface area (Å²) < 4.78 is 23.4. The van der Waals surface area contributed by atoms with Crippen LogP contribution in [0.2, 0.25) is 0 Å². The van der Waals surface area contributed by atoms with E-state index in [-0.39, 0.29) is 24.3 Å². The van der Waals surface area contributed by atoms with Gasteiger partial charge in [-0.3, -0.25) is 10.1 Å². The third kappa shape index (κ3) is 5.28. The molecule has 0 bridgehead atoms. The van der Waals surface area contributed by atoms with Crippen LogP contribution in [-0.4, -0.2) is 81.9 Å². The van der Waals surface area contributed by atoms with Gasteiger partial charge in [-0.1, -0.05) is 54.6 Å². The molecule has 0 spiro atoms. The van der Waals surface area contributed by atoms with Gasteiger partial charge in [0.1, 0.15) is 12.7 Å². The molecular formula is C30H25N3O9. The molecule has 2 fully saturated rings. The minimum Gasteiger partial charge on any atom is -0.459 e. The van der Waals surface area contributed by atoms with Crippen LogP contribution in [0.5, 0.6) is 0 Å². The number of hydrogen-bond acceptors (Lipinski definition) is 10. The van der Waals surface area contributed by atoms with E-state index < -0.39 is 48.5 Å². The first kappa shape index (κ1) is 27.0. The molecule has 4 atom stereocenters. The molecular weight excluding hydrogens is 546 g/mol. The van der Waals surface area contributed by atoms with Crippen molar-refractivity contribution in [3.8, 4) is 0 Å². The van der Waals surface area contributed by atoms with Gasteiger partial charge >= 0.3 is 23.9 Å². The number of amides is 2. The zero-order valence-corrected chi connectivity index (χ0v) is 22.0. The second-order valence-electron chi connectivity index (χ2n) is 9.60. The molecule has 0 saturated carbocycles. The number of benzene rings is 3. The summed E-state index contributed by atoms with van der Waals surface area (Å²) in [6.45, 7) is -0.378. The number of nitrogens with zero attached hydrogens (tertiary/aromatic N) is 3. The zero-order chi connectivity index (χ0) is 29.2. The summed E-state index contributed by atoms with van der Waals surface area (Å²) in [5.74, 6) is -1.82. The maximum absolute atomic E-state index is 13.2. The number of ether oxygens (including phenoxy) is 4. The first-order valence-corrected chi connectivity index (χ1v) is 13.1. The predicted octanol–water partition coefficient (Wildman–Crippen LogP) is 3.22. The summed E-state index contributed by atoms with van der Waals surface area (Å²) >= 11 is 0. The normalized spacial score (nSPS) is 22.6. The van der Waals surface area contributed by atoms with Crippen LogP contribution in [0.4, 0.5) is 4.79 Å². The average molecular weight is 572 g/mol. The lowest BCUT2D eigenvalue weighted by Crippen LogP contribution is -2.52. The number of carbonyl (C=O) groups excluding carboxylic acids is 4. The van der Waals surface area contributed by atoms with Gasteiger partial charge in [-0.25, -0.2) is 19.2 Å². The van der Waals surface area contributed by atoms with E-state index in [1.165, 1.54) is 4.90 Å². The maximum Gasteiger partial charge on any atom is 0.349 e. The monoisotopic (exact) mass is 571 g/mol. The molecule has 0 aromatic heterocycles. The highest BCUT2D eigenvalue weighted by atomic mass is 16.7. The van der Waals surface area contributed by atoms with Crippen molar-refractivity contribution in [2.75, 3.05) is 13.2 Å². The lowest BCUT2D eigenvalue weighted by molar-refractivity contribution is -0.0917. The SMILES string of the molecule is O=C(OC[C@@H]1O[C@H](N2CC=C3N(O)N3C2=O)[C@@H](OC(=O)c2ccccc2)[C@H]1OC(=O)c1ccccc1)c1ccccc1. The molecule has 214 valence electrons. The first-order chi connectivity index (χ1) is 20.4. The lowest BCUT2D eigenvalue weighted by atomic mass is 10.1. The van der Waals surface area contributed by atoms with Crippen LogP contribution >= 0.6 is 0 Å². The predicted molar refractivity (Wildman–Crippen MR) is 142 cm³/mol. The van der Waals surface area contributed by atoms with E-state index in [1.54, 1.807) is 97.1 Å². The molecule has 0 unspecified atom stereocenters. The number of fused-ring (bicyclic) bond motifs is 1. The highest BCUT2D eigenvalue weighted by Crippen LogP contribution is 2.38. The molecule has 0 aliphatic carbocycles. The van der Waals surface area contributed by atoms with Gasteiger partial charge in [0, 0.05) is 6.54 Å². The molecule has 6 rings (SSSR count). The quantitative estimate of drug-likeness (QED) is 0.244. The first-order valence-electron chi connectivity index (χ1n) is 13.1. The number of esters is 3. The number of urea groups is 1. The minimum atomic E-state index is -1.32. The second-order valence-corrected chi connectivity index (χ2v) is 9.60. The van der Waals surface area contributed by atoms with E-state index in [4.69, 9.17) is 18.9 Å². The molecule has 3 aromatic rings. The van der Waals surface area contributed by atoms with Crippen molar-refractivity contribution in [2.45, 2.75) is 24.5 Å². The number of rotatable bonds is 8. The van der Waals surface area contributed by atoms with Crippen LogP contribution in [0.1, 0.15) is 31.1 Å². The van der Waals surface area contributed by atoms with E-state index in [0.29, 0.717) is 16.6 Å². The van der Waals surface area contributed by atoms with E-state index in [2.05, 4.69) is 0 Å². The Labute approximate surface area is 239 Å². The zero-order valence-electron chi connectivity index (χ0n) is 22.0. The van der Waals surface area contributed by atoms with Gasteiger partial charge in [-0.15, -0.1) is 5.17 Å². The molecule has 3 aliphatic rings. The maximum atomic E-state index is 13.2. The molecule has 12 nitrogen and oxygen atoms in total. The largest absolute Gasteiger partial charge is 0.459 e. The van der Waals surface area contributed by atoms with Crippen molar-refractivity contribution >= 4 is 23.9 Å². The highest BCUT2D eigenvalue weighted by molar-refractivity contribution is 5.91. The van der Waals surface area contributed by atoms with Gasteiger partial charge < -0.3 is 18.9 Å². The lowest BCUT2D eigenvalue weighted by Gasteiger charge is -2.32. The van der Waals surface area contributed by atoms with Crippen LogP contribution in [0.25, 0.3) is 0 Å². The summed E-state index contributed by atoms with van der Waals surface area (Å²) in [6.07, 6.45) is -3.41. The molecule has 2 saturated heterocycles. The fourth-order valence-corrected chi connectivity index (χ4v) is 4.80. The van der Waals surface area contributed by atoms with Crippen LogP contribution < -0.4 is 0 Å². The smallest absolute Gasteiger partial charge is 0.349 e. The molecule has 3 heterocycles. The Morgan fingerprint density at radius 1 is 0.762 bits per heavy atom. The molecule has 0 radical (unpaired) electrons. The van der Waals surface area contributed by atoms with Crippen molar-refractivity contribution in [3.63, 3.8) is 0 Å². The van der Waals surface area contributed by atoms with Crippen molar-refractivity contribution in [1.82, 2.24) is 15.1 Å². The molecule has 2 amide bonds. The van der Waals surface area contributed by atoms with Gasteiger partial charge in [-0.2, -0.15) is 5.01 Å². The van der Waals surface area contributed by atoms with Crippen molar-refractivity contribution in [1.29, 1.82) is 0 Å². The topological polar surface area (TPSA) is 135 Å². The Morgan fingerprint density at radius 2 is 1.26 bits per heavy atom. The Kier molecular flexibility index (Phi) is 7.30. The van der Waals surface area contributed by atoms with Crippen LogP contribution in [0.15, 0.2) is 103 Å². The van der Waals surface area contributed by atoms with Gasteiger partial charge in [0.15, 0.2) is 24.3 Å². The Hall–Kier alpha value is -5.20. The summed E-state index contributed by atoms with van der Waals surface area (Å²) in [6, 6.07) is 24.0. The average Bonchev–Trinajstić information content (AvgIpc) is 3.59. The molecule has 42 heavy (non-hydrogen) atoms. The number of hydroxylamine groups is 1. The van der Waals surface area contributed by atoms with E-state index in [9.17, 15) is 24.4 Å². The minimum absolute atomic E-state index is 0.00164. The number of carbonyl (C=O) groups is 4. The van der Waals surface area contributed by atoms with Gasteiger partial charge in [0.05, 0.1) is 16.7 Å². The summed E-state index contributed by atoms with van der Waals surface area (Å²) in [7, 11) is 0. The third-order valence-electron chi connectivity index (χ3n) is 6.96. The second kappa shape index (κ2) is 11.4. The fourth-order valence-electron chi connectivity index (χ4n) is 4.80. The van der Waals surface area contributed by atoms with Gasteiger partial charge in [0.25, 0.3) is 0 Å². The van der Waals surface area contributed by atoms with Crippen LogP contribution in [0, 0.1) is 0 Å².